The Morgan fingerprint density at radius 3 is 2.55 bits per heavy atom. The van der Waals surface area contributed by atoms with Crippen LogP contribution in [0.1, 0.15) is 45.4 Å². The van der Waals surface area contributed by atoms with Crippen molar-refractivity contribution in [3.8, 4) is 5.75 Å². The number of benzene rings is 1. The topological polar surface area (TPSA) is 61.5 Å². The summed E-state index contributed by atoms with van der Waals surface area (Å²) in [5.41, 5.74) is 6.23. The van der Waals surface area contributed by atoms with Crippen LogP contribution in [0.15, 0.2) is 24.3 Å². The van der Waals surface area contributed by atoms with Gasteiger partial charge in [-0.1, -0.05) is 51.2 Å². The number of nitrogens with two attached hydrogens (primary N) is 1. The van der Waals surface area contributed by atoms with Crippen LogP contribution in [0.5, 0.6) is 5.75 Å². The second-order valence-corrected chi connectivity index (χ2v) is 4.81. The number of carbonyl (C=O) groups excluding carboxylic acids is 1. The molecule has 20 heavy (non-hydrogen) atoms. The van der Waals surface area contributed by atoms with E-state index in [9.17, 15) is 4.79 Å². The fourth-order valence-electron chi connectivity index (χ4n) is 1.86. The summed E-state index contributed by atoms with van der Waals surface area (Å²) in [7, 11) is 0. The molecule has 112 valence electrons. The normalized spacial score (nSPS) is 10.2. The van der Waals surface area contributed by atoms with E-state index in [1.807, 2.05) is 12.1 Å². The van der Waals surface area contributed by atoms with E-state index < -0.39 is 0 Å². The lowest BCUT2D eigenvalue weighted by molar-refractivity contribution is -0.146. The lowest BCUT2D eigenvalue weighted by Crippen LogP contribution is -2.16. The SMILES string of the molecule is CCCCCCCCOC(=O)COc1ccccc1N. The first-order valence-electron chi connectivity index (χ1n) is 7.37. The summed E-state index contributed by atoms with van der Waals surface area (Å²) in [5, 5.41) is 0. The first-order valence-corrected chi connectivity index (χ1v) is 7.37. The molecule has 0 aromatic heterocycles. The van der Waals surface area contributed by atoms with E-state index in [2.05, 4.69) is 6.92 Å². The number of hydrogen-bond donors (Lipinski definition) is 1. The summed E-state index contributed by atoms with van der Waals surface area (Å²) in [4.78, 5) is 11.5. The molecule has 0 saturated heterocycles. The smallest absolute Gasteiger partial charge is 0.344 e. The third-order valence-electron chi connectivity index (χ3n) is 3.03. The molecule has 1 aromatic rings. The fraction of sp³-hybridized carbons (Fsp3) is 0.562. The van der Waals surface area contributed by atoms with Crippen molar-refractivity contribution < 1.29 is 14.3 Å². The lowest BCUT2D eigenvalue weighted by Gasteiger charge is -2.08. The highest BCUT2D eigenvalue weighted by atomic mass is 16.6. The number of hydrogen-bond acceptors (Lipinski definition) is 4. The Morgan fingerprint density at radius 2 is 1.80 bits per heavy atom. The van der Waals surface area contributed by atoms with Gasteiger partial charge in [-0.3, -0.25) is 0 Å². The van der Waals surface area contributed by atoms with Crippen molar-refractivity contribution in [1.82, 2.24) is 0 Å². The zero-order valence-corrected chi connectivity index (χ0v) is 12.3. The maximum atomic E-state index is 11.5. The van der Waals surface area contributed by atoms with E-state index >= 15 is 0 Å². The number of carbonyl (C=O) groups is 1. The molecule has 1 rings (SSSR count). The van der Waals surface area contributed by atoms with Crippen LogP contribution >= 0.6 is 0 Å². The Kier molecular flexibility index (Phi) is 8.27. The van der Waals surface area contributed by atoms with Crippen LogP contribution in [0.25, 0.3) is 0 Å². The molecule has 0 aliphatic rings. The van der Waals surface area contributed by atoms with Gasteiger partial charge in [-0.15, -0.1) is 0 Å². The molecule has 0 saturated carbocycles. The Bertz CT molecular complexity index is 393. The first kappa shape index (κ1) is 16.3. The largest absolute Gasteiger partial charge is 0.480 e. The van der Waals surface area contributed by atoms with Crippen molar-refractivity contribution in [2.24, 2.45) is 0 Å². The number of ether oxygens (including phenoxy) is 2. The maximum Gasteiger partial charge on any atom is 0.344 e. The Hall–Kier alpha value is -1.71. The molecule has 0 heterocycles. The number of anilines is 1. The quantitative estimate of drug-likeness (QED) is 0.404. The zero-order chi connectivity index (χ0) is 14.6. The van der Waals surface area contributed by atoms with Crippen LogP contribution in [-0.4, -0.2) is 19.2 Å². The summed E-state index contributed by atoms with van der Waals surface area (Å²) >= 11 is 0. The molecule has 4 heteroatoms. The fourth-order valence-corrected chi connectivity index (χ4v) is 1.86. The number of unbranched alkanes of at least 4 members (excludes halogenated alkanes) is 5. The second kappa shape index (κ2) is 10.1. The molecule has 4 nitrogen and oxygen atoms in total. The highest BCUT2D eigenvalue weighted by molar-refractivity contribution is 5.71. The van der Waals surface area contributed by atoms with Gasteiger partial charge >= 0.3 is 5.97 Å². The average molecular weight is 279 g/mol. The van der Waals surface area contributed by atoms with E-state index in [0.717, 1.165) is 12.8 Å². The third-order valence-corrected chi connectivity index (χ3v) is 3.03. The van der Waals surface area contributed by atoms with E-state index in [4.69, 9.17) is 15.2 Å². The maximum absolute atomic E-state index is 11.5. The van der Waals surface area contributed by atoms with Crippen LogP contribution in [0.2, 0.25) is 0 Å². The molecule has 2 N–H and O–H groups in total. The van der Waals surface area contributed by atoms with Crippen LogP contribution in [0, 0.1) is 0 Å². The second-order valence-electron chi connectivity index (χ2n) is 4.81. The molecule has 0 radical (unpaired) electrons. The highest BCUT2D eigenvalue weighted by Crippen LogP contribution is 2.19. The van der Waals surface area contributed by atoms with Gasteiger partial charge in [-0.25, -0.2) is 4.79 Å². The first-order chi connectivity index (χ1) is 9.74. The minimum absolute atomic E-state index is 0.0932. The average Bonchev–Trinajstić information content (AvgIpc) is 2.45. The Morgan fingerprint density at radius 1 is 1.10 bits per heavy atom. The Labute approximate surface area is 121 Å². The van der Waals surface area contributed by atoms with E-state index in [1.54, 1.807) is 12.1 Å². The molecule has 0 atom stereocenters. The molecule has 0 spiro atoms. The van der Waals surface area contributed by atoms with Crippen molar-refractivity contribution >= 4 is 11.7 Å². The molecular formula is C16H25NO3. The third kappa shape index (κ3) is 7.02. The van der Waals surface area contributed by atoms with Gasteiger partial charge in [0.25, 0.3) is 0 Å². The monoisotopic (exact) mass is 279 g/mol. The predicted molar refractivity (Wildman–Crippen MR) is 80.7 cm³/mol. The molecule has 1 aromatic carbocycles. The van der Waals surface area contributed by atoms with Crippen molar-refractivity contribution in [3.63, 3.8) is 0 Å². The molecule has 0 unspecified atom stereocenters. The molecular weight excluding hydrogens is 254 g/mol. The van der Waals surface area contributed by atoms with Gasteiger partial charge in [0.05, 0.1) is 12.3 Å². The number of esters is 1. The van der Waals surface area contributed by atoms with E-state index in [0.29, 0.717) is 18.0 Å². The summed E-state index contributed by atoms with van der Waals surface area (Å²) in [6.07, 6.45) is 7.03. The number of para-hydroxylation sites is 2. The molecule has 0 fully saturated rings. The molecule has 0 amide bonds. The summed E-state index contributed by atoms with van der Waals surface area (Å²) in [5.74, 6) is 0.172. The zero-order valence-electron chi connectivity index (χ0n) is 12.3. The van der Waals surface area contributed by atoms with E-state index in [1.165, 1.54) is 25.7 Å². The summed E-state index contributed by atoms with van der Waals surface area (Å²) in [6, 6.07) is 7.10. The van der Waals surface area contributed by atoms with Crippen LogP contribution < -0.4 is 10.5 Å². The van der Waals surface area contributed by atoms with Crippen molar-refractivity contribution in [1.29, 1.82) is 0 Å². The standard InChI is InChI=1S/C16H25NO3/c1-2-3-4-5-6-9-12-19-16(18)13-20-15-11-8-7-10-14(15)17/h7-8,10-11H,2-6,9,12-13,17H2,1H3. The van der Waals surface area contributed by atoms with Gasteiger partial charge in [0.1, 0.15) is 5.75 Å². The minimum atomic E-state index is -0.346. The number of rotatable bonds is 10. The van der Waals surface area contributed by atoms with Crippen LogP contribution in [0.3, 0.4) is 0 Å². The van der Waals surface area contributed by atoms with Gasteiger partial charge in [0.2, 0.25) is 0 Å². The van der Waals surface area contributed by atoms with Crippen LogP contribution in [0.4, 0.5) is 5.69 Å². The van der Waals surface area contributed by atoms with Crippen molar-refractivity contribution in [2.45, 2.75) is 45.4 Å². The molecule has 0 aliphatic carbocycles. The summed E-state index contributed by atoms with van der Waals surface area (Å²) in [6.45, 7) is 2.57. The summed E-state index contributed by atoms with van der Waals surface area (Å²) < 4.78 is 10.4. The lowest BCUT2D eigenvalue weighted by atomic mass is 10.1. The van der Waals surface area contributed by atoms with Crippen molar-refractivity contribution in [3.05, 3.63) is 24.3 Å². The van der Waals surface area contributed by atoms with Crippen molar-refractivity contribution in [2.75, 3.05) is 18.9 Å². The van der Waals surface area contributed by atoms with Crippen LogP contribution in [-0.2, 0) is 9.53 Å². The van der Waals surface area contributed by atoms with Gasteiger partial charge in [0.15, 0.2) is 6.61 Å². The number of nitrogen functional groups attached to an aromatic ring is 1. The molecule has 0 aliphatic heterocycles. The minimum Gasteiger partial charge on any atom is -0.480 e. The van der Waals surface area contributed by atoms with E-state index in [-0.39, 0.29) is 12.6 Å². The van der Waals surface area contributed by atoms with Gasteiger partial charge in [-0.2, -0.15) is 0 Å². The van der Waals surface area contributed by atoms with Gasteiger partial charge < -0.3 is 15.2 Å². The highest BCUT2D eigenvalue weighted by Gasteiger charge is 2.05. The molecule has 0 bridgehead atoms. The Balaban J connectivity index is 2.05. The van der Waals surface area contributed by atoms with Gasteiger partial charge in [-0.05, 0) is 18.6 Å². The predicted octanol–water partition coefficient (Wildman–Crippen LogP) is 3.55. The van der Waals surface area contributed by atoms with Gasteiger partial charge in [0, 0.05) is 0 Å².